The van der Waals surface area contributed by atoms with E-state index in [1.165, 1.54) is 24.3 Å². The average molecular weight is 405 g/mol. The van der Waals surface area contributed by atoms with E-state index in [0.717, 1.165) is 16.4 Å². The van der Waals surface area contributed by atoms with Crippen LogP contribution in [0.25, 0.3) is 0 Å². The average Bonchev–Trinajstić information content (AvgIpc) is 2.57. The summed E-state index contributed by atoms with van der Waals surface area (Å²) in [5.74, 6) is -1.16. The minimum absolute atomic E-state index is 0. The SMILES string of the molecule is CNCCC[C@H]1Oc2cc(F)ccc2N(c2ccccc2F)S1(=O)=O.Cl. The summed E-state index contributed by atoms with van der Waals surface area (Å²) in [5.41, 5.74) is -1.23. The number of hydrogen-bond acceptors (Lipinski definition) is 4. The lowest BCUT2D eigenvalue weighted by Crippen LogP contribution is -2.43. The molecule has 2 aromatic carbocycles. The molecule has 0 amide bonds. The fourth-order valence-electron chi connectivity index (χ4n) is 2.74. The lowest BCUT2D eigenvalue weighted by Gasteiger charge is -2.35. The number of ether oxygens (including phenoxy) is 1. The van der Waals surface area contributed by atoms with E-state index in [1.807, 2.05) is 0 Å². The number of anilines is 2. The maximum absolute atomic E-state index is 14.3. The molecule has 0 spiro atoms. The molecule has 1 heterocycles. The molecule has 5 nitrogen and oxygen atoms in total. The number of para-hydroxylation sites is 1. The molecule has 0 aliphatic carbocycles. The zero-order valence-electron chi connectivity index (χ0n) is 14.0. The van der Waals surface area contributed by atoms with Crippen molar-refractivity contribution in [3.05, 3.63) is 54.1 Å². The van der Waals surface area contributed by atoms with E-state index in [-0.39, 0.29) is 36.0 Å². The Morgan fingerprint density at radius 1 is 1.15 bits per heavy atom. The van der Waals surface area contributed by atoms with E-state index in [0.29, 0.717) is 13.0 Å². The van der Waals surface area contributed by atoms with Gasteiger partial charge >= 0.3 is 0 Å². The fourth-order valence-corrected chi connectivity index (χ4v) is 4.52. The topological polar surface area (TPSA) is 58.6 Å². The van der Waals surface area contributed by atoms with Crippen LogP contribution in [0.15, 0.2) is 42.5 Å². The van der Waals surface area contributed by atoms with Crippen LogP contribution in [0.4, 0.5) is 20.2 Å². The molecule has 1 aliphatic rings. The van der Waals surface area contributed by atoms with Gasteiger partial charge in [0.2, 0.25) is 5.44 Å². The van der Waals surface area contributed by atoms with Crippen LogP contribution in [0.5, 0.6) is 5.75 Å². The van der Waals surface area contributed by atoms with E-state index in [1.54, 1.807) is 13.1 Å². The smallest absolute Gasteiger partial charge is 0.278 e. The number of halogens is 3. The largest absolute Gasteiger partial charge is 0.470 e. The molecular weight excluding hydrogens is 386 g/mol. The monoisotopic (exact) mass is 404 g/mol. The van der Waals surface area contributed by atoms with Crippen molar-refractivity contribution in [2.45, 2.75) is 18.3 Å². The molecule has 1 atom stereocenters. The summed E-state index contributed by atoms with van der Waals surface area (Å²) in [7, 11) is -2.27. The Kier molecular flexibility index (Phi) is 6.44. The van der Waals surface area contributed by atoms with Crippen LogP contribution in [0.2, 0.25) is 0 Å². The number of nitrogens with one attached hydrogen (secondary N) is 1. The number of hydrogen-bond donors (Lipinski definition) is 1. The van der Waals surface area contributed by atoms with E-state index in [4.69, 9.17) is 4.74 Å². The second-order valence-electron chi connectivity index (χ2n) is 5.67. The van der Waals surface area contributed by atoms with Crippen LogP contribution < -0.4 is 14.4 Å². The summed E-state index contributed by atoms with van der Waals surface area (Å²) >= 11 is 0. The van der Waals surface area contributed by atoms with Gasteiger partial charge in [0.15, 0.2) is 0 Å². The Bertz CT molecular complexity index is 880. The maximum Gasteiger partial charge on any atom is 0.278 e. The Labute approximate surface area is 157 Å². The number of benzene rings is 2. The van der Waals surface area contributed by atoms with Crippen LogP contribution in [-0.2, 0) is 10.0 Å². The van der Waals surface area contributed by atoms with Gasteiger partial charge in [-0.2, -0.15) is 0 Å². The van der Waals surface area contributed by atoms with Crippen molar-refractivity contribution in [2.24, 2.45) is 0 Å². The first-order valence-corrected chi connectivity index (χ1v) is 9.35. The van der Waals surface area contributed by atoms with Crippen LogP contribution >= 0.6 is 12.4 Å². The molecule has 1 aliphatic heterocycles. The summed E-state index contributed by atoms with van der Waals surface area (Å²) in [6.07, 6.45) is 0.736. The summed E-state index contributed by atoms with van der Waals surface area (Å²) in [6.45, 7) is 0.602. The van der Waals surface area contributed by atoms with Gasteiger partial charge in [0.25, 0.3) is 10.0 Å². The van der Waals surface area contributed by atoms with Gasteiger partial charge in [-0.1, -0.05) is 12.1 Å². The maximum atomic E-state index is 14.3. The van der Waals surface area contributed by atoms with Gasteiger partial charge in [0, 0.05) is 12.5 Å². The van der Waals surface area contributed by atoms with Crippen molar-refractivity contribution in [3.8, 4) is 5.75 Å². The van der Waals surface area contributed by atoms with E-state index < -0.39 is 27.1 Å². The summed E-state index contributed by atoms with van der Waals surface area (Å²) < 4.78 is 60.4. The predicted octanol–water partition coefficient (Wildman–Crippen LogP) is 3.57. The molecule has 142 valence electrons. The van der Waals surface area contributed by atoms with Crippen molar-refractivity contribution in [2.75, 3.05) is 17.9 Å². The van der Waals surface area contributed by atoms with Gasteiger partial charge < -0.3 is 10.1 Å². The van der Waals surface area contributed by atoms with Gasteiger partial charge in [0.05, 0.1) is 11.4 Å². The Morgan fingerprint density at radius 2 is 1.88 bits per heavy atom. The van der Waals surface area contributed by atoms with Crippen LogP contribution in [0.1, 0.15) is 12.8 Å². The Balaban J connectivity index is 0.00000243. The number of nitrogens with zero attached hydrogens (tertiary/aromatic N) is 1. The third-order valence-corrected chi connectivity index (χ3v) is 5.82. The predicted molar refractivity (Wildman–Crippen MR) is 98.7 cm³/mol. The molecule has 0 unspecified atom stereocenters. The second kappa shape index (κ2) is 8.20. The summed E-state index contributed by atoms with van der Waals surface area (Å²) in [5, 5.41) is 2.93. The first-order chi connectivity index (χ1) is 11.9. The Morgan fingerprint density at radius 3 is 2.58 bits per heavy atom. The molecular formula is C17H19ClF2N2O3S. The molecule has 3 rings (SSSR count). The standard InChI is InChI=1S/C17H18F2N2O3S.ClH/c1-20-10-4-7-17-24-16-11-12(18)8-9-15(16)21(25(17,22)23)14-6-3-2-5-13(14)19;/h2-3,5-6,8-9,11,17,20H,4,7,10H2,1H3;1H/t17-;/m0./s1. The number of rotatable bonds is 5. The highest BCUT2D eigenvalue weighted by Crippen LogP contribution is 2.44. The van der Waals surface area contributed by atoms with Crippen molar-refractivity contribution < 1.29 is 21.9 Å². The molecule has 2 aromatic rings. The quantitative estimate of drug-likeness (QED) is 0.774. The zero-order valence-corrected chi connectivity index (χ0v) is 15.6. The first kappa shape index (κ1) is 20.4. The summed E-state index contributed by atoms with van der Waals surface area (Å²) in [4.78, 5) is 0. The highest BCUT2D eigenvalue weighted by molar-refractivity contribution is 7.93. The van der Waals surface area contributed by atoms with Crippen LogP contribution in [-0.4, -0.2) is 27.4 Å². The minimum atomic E-state index is -4.03. The van der Waals surface area contributed by atoms with E-state index in [2.05, 4.69) is 5.32 Å². The van der Waals surface area contributed by atoms with Crippen molar-refractivity contribution in [1.82, 2.24) is 5.32 Å². The molecule has 0 aromatic heterocycles. The minimum Gasteiger partial charge on any atom is -0.470 e. The zero-order chi connectivity index (χ0) is 18.0. The second-order valence-corrected chi connectivity index (χ2v) is 7.59. The van der Waals surface area contributed by atoms with E-state index >= 15 is 0 Å². The first-order valence-electron chi connectivity index (χ1n) is 7.84. The number of fused-ring (bicyclic) bond motifs is 1. The molecule has 0 radical (unpaired) electrons. The molecule has 26 heavy (non-hydrogen) atoms. The molecule has 0 saturated carbocycles. The van der Waals surface area contributed by atoms with Gasteiger partial charge in [-0.3, -0.25) is 0 Å². The Hall–Kier alpha value is -1.90. The highest BCUT2D eigenvalue weighted by atomic mass is 35.5. The van der Waals surface area contributed by atoms with Crippen molar-refractivity contribution in [3.63, 3.8) is 0 Å². The molecule has 1 N–H and O–H groups in total. The van der Waals surface area contributed by atoms with Gasteiger partial charge in [0.1, 0.15) is 17.4 Å². The molecule has 0 saturated heterocycles. The molecule has 9 heteroatoms. The van der Waals surface area contributed by atoms with Gasteiger partial charge in [-0.05, 0) is 44.3 Å². The lowest BCUT2D eigenvalue weighted by atomic mass is 10.2. The van der Waals surface area contributed by atoms with Crippen molar-refractivity contribution in [1.29, 1.82) is 0 Å². The fraction of sp³-hybridized carbons (Fsp3) is 0.294. The third kappa shape index (κ3) is 3.77. The highest BCUT2D eigenvalue weighted by Gasteiger charge is 2.41. The number of sulfonamides is 1. The van der Waals surface area contributed by atoms with Gasteiger partial charge in [-0.15, -0.1) is 12.4 Å². The lowest BCUT2D eigenvalue weighted by molar-refractivity contribution is 0.253. The van der Waals surface area contributed by atoms with Gasteiger partial charge in [-0.25, -0.2) is 21.5 Å². The van der Waals surface area contributed by atoms with Crippen LogP contribution in [0, 0.1) is 11.6 Å². The molecule has 0 fully saturated rings. The van der Waals surface area contributed by atoms with E-state index in [9.17, 15) is 17.2 Å². The van der Waals surface area contributed by atoms with Crippen LogP contribution in [0.3, 0.4) is 0 Å². The molecule has 0 bridgehead atoms. The normalized spacial score (nSPS) is 17.8. The van der Waals surface area contributed by atoms with Crippen molar-refractivity contribution >= 4 is 33.8 Å². The third-order valence-electron chi connectivity index (χ3n) is 3.92. The summed E-state index contributed by atoms with van der Waals surface area (Å²) in [6, 6.07) is 9.08.